The Morgan fingerprint density at radius 3 is 2.95 bits per heavy atom. The topological polar surface area (TPSA) is 68.2 Å². The van der Waals surface area contributed by atoms with Crippen molar-refractivity contribution in [1.82, 2.24) is 20.2 Å². The van der Waals surface area contributed by atoms with E-state index in [-0.39, 0.29) is 23.5 Å². The molecule has 22 heavy (non-hydrogen) atoms. The first-order valence-electron chi connectivity index (χ1n) is 8.28. The van der Waals surface area contributed by atoms with Gasteiger partial charge in [0.05, 0.1) is 12.4 Å². The number of carbonyl (C=O) groups is 1. The fourth-order valence-corrected chi connectivity index (χ4v) is 3.82. The summed E-state index contributed by atoms with van der Waals surface area (Å²) in [4.78, 5) is 16.2. The van der Waals surface area contributed by atoms with Gasteiger partial charge in [0, 0.05) is 43.0 Å². The number of imidazole rings is 1. The number of carbonyl (C=O) groups excluding carboxylic acids is 1. The van der Waals surface area contributed by atoms with Crippen molar-refractivity contribution in [1.29, 1.82) is 0 Å². The molecule has 0 aliphatic heterocycles. The summed E-state index contributed by atoms with van der Waals surface area (Å²) in [6.07, 6.45) is 10.3. The number of ether oxygens (including phenoxy) is 1. The molecular weight excluding hydrogens is 280 g/mol. The largest absolute Gasteiger partial charge is 0.378 e. The van der Waals surface area contributed by atoms with Crippen LogP contribution in [-0.2, 0) is 11.3 Å². The molecule has 1 aromatic heterocycles. The lowest BCUT2D eigenvalue weighted by molar-refractivity contribution is -0.169. The average molecular weight is 306 g/mol. The predicted octanol–water partition coefficient (Wildman–Crippen LogP) is 1.92. The lowest BCUT2D eigenvalue weighted by Gasteiger charge is -2.60. The molecule has 0 aromatic carbocycles. The van der Waals surface area contributed by atoms with E-state index in [0.29, 0.717) is 6.10 Å². The second-order valence-electron chi connectivity index (χ2n) is 6.60. The van der Waals surface area contributed by atoms with Gasteiger partial charge in [-0.1, -0.05) is 6.42 Å². The minimum atomic E-state index is -0.0705. The van der Waals surface area contributed by atoms with Crippen molar-refractivity contribution >= 4 is 6.03 Å². The minimum Gasteiger partial charge on any atom is -0.378 e. The first kappa shape index (κ1) is 15.3. The van der Waals surface area contributed by atoms with Crippen LogP contribution in [0, 0.1) is 5.41 Å². The lowest BCUT2D eigenvalue weighted by atomic mass is 9.51. The number of urea groups is 1. The van der Waals surface area contributed by atoms with Crippen LogP contribution < -0.4 is 10.6 Å². The molecule has 3 rings (SSSR count). The highest BCUT2D eigenvalue weighted by Crippen LogP contribution is 2.57. The predicted molar refractivity (Wildman–Crippen MR) is 83.5 cm³/mol. The number of hydrogen-bond donors (Lipinski definition) is 2. The summed E-state index contributed by atoms with van der Waals surface area (Å²) in [5.74, 6) is 0. The lowest BCUT2D eigenvalue weighted by Crippen LogP contribution is -2.68. The summed E-state index contributed by atoms with van der Waals surface area (Å²) in [5, 5.41) is 6.16. The molecule has 2 N–H and O–H groups in total. The second-order valence-corrected chi connectivity index (χ2v) is 6.60. The van der Waals surface area contributed by atoms with E-state index in [9.17, 15) is 4.79 Å². The first-order chi connectivity index (χ1) is 10.6. The highest BCUT2D eigenvalue weighted by molar-refractivity contribution is 5.74. The maximum absolute atomic E-state index is 12.2. The molecule has 2 aliphatic carbocycles. The Morgan fingerprint density at radius 1 is 1.55 bits per heavy atom. The highest BCUT2D eigenvalue weighted by atomic mass is 16.5. The number of aromatic nitrogens is 2. The number of hydrogen-bond acceptors (Lipinski definition) is 3. The molecule has 2 amide bonds. The number of amides is 2. The van der Waals surface area contributed by atoms with E-state index in [1.165, 1.54) is 19.3 Å². The van der Waals surface area contributed by atoms with Crippen molar-refractivity contribution in [2.24, 2.45) is 5.41 Å². The summed E-state index contributed by atoms with van der Waals surface area (Å²) in [6.45, 7) is 5.53. The van der Waals surface area contributed by atoms with Gasteiger partial charge in [-0.15, -0.1) is 0 Å². The van der Waals surface area contributed by atoms with Gasteiger partial charge in [0.2, 0.25) is 0 Å². The molecule has 2 fully saturated rings. The Balaban J connectivity index is 1.46. The molecule has 2 saturated carbocycles. The van der Waals surface area contributed by atoms with Crippen molar-refractivity contribution in [3.05, 3.63) is 18.7 Å². The summed E-state index contributed by atoms with van der Waals surface area (Å²) in [7, 11) is 0. The summed E-state index contributed by atoms with van der Waals surface area (Å²) >= 11 is 0. The third kappa shape index (κ3) is 2.84. The van der Waals surface area contributed by atoms with Crippen LogP contribution in [-0.4, -0.2) is 40.4 Å². The van der Waals surface area contributed by atoms with Crippen LogP contribution in [0.5, 0.6) is 0 Å². The Morgan fingerprint density at radius 2 is 2.36 bits per heavy atom. The first-order valence-corrected chi connectivity index (χ1v) is 8.28. The van der Waals surface area contributed by atoms with Crippen LogP contribution in [0.4, 0.5) is 4.79 Å². The van der Waals surface area contributed by atoms with Crippen LogP contribution >= 0.6 is 0 Å². The van der Waals surface area contributed by atoms with Gasteiger partial charge in [-0.25, -0.2) is 9.78 Å². The van der Waals surface area contributed by atoms with Crippen molar-refractivity contribution in [2.75, 3.05) is 6.61 Å². The Bertz CT molecular complexity index is 498. The molecule has 1 spiro atoms. The van der Waals surface area contributed by atoms with Gasteiger partial charge >= 0.3 is 6.03 Å². The van der Waals surface area contributed by atoms with Gasteiger partial charge in [-0.3, -0.25) is 0 Å². The summed E-state index contributed by atoms with van der Waals surface area (Å²) in [5.41, 5.74) is 0.209. The fourth-order valence-electron chi connectivity index (χ4n) is 3.82. The zero-order chi connectivity index (χ0) is 15.6. The standard InChI is InChI=1S/C16H26N4O2/c1-3-22-14-9-13(16(14)5-4-6-16)19-15(21)18-12(2)10-20-8-7-17-11-20/h7-8,11-14H,3-6,9-10H2,1-2H3,(H2,18,19,21)/t12-,13-,14-/m1/s1. The monoisotopic (exact) mass is 306 g/mol. The Hall–Kier alpha value is -1.56. The zero-order valence-electron chi connectivity index (χ0n) is 13.4. The van der Waals surface area contributed by atoms with Crippen molar-refractivity contribution < 1.29 is 9.53 Å². The minimum absolute atomic E-state index is 0.0642. The molecule has 0 radical (unpaired) electrons. The summed E-state index contributed by atoms with van der Waals surface area (Å²) in [6, 6.07) is 0.256. The number of rotatable bonds is 6. The molecule has 6 nitrogen and oxygen atoms in total. The molecular formula is C16H26N4O2. The quantitative estimate of drug-likeness (QED) is 0.843. The average Bonchev–Trinajstić information content (AvgIpc) is 2.87. The molecule has 1 heterocycles. The summed E-state index contributed by atoms with van der Waals surface area (Å²) < 4.78 is 7.78. The SMILES string of the molecule is CCO[C@@H]1C[C@@H](NC(=O)N[C@H](C)Cn2ccnc2)C12CCC2. The Labute approximate surface area is 131 Å². The van der Waals surface area contributed by atoms with E-state index < -0.39 is 0 Å². The maximum Gasteiger partial charge on any atom is 0.315 e. The van der Waals surface area contributed by atoms with Crippen LogP contribution in [0.3, 0.4) is 0 Å². The smallest absolute Gasteiger partial charge is 0.315 e. The van der Waals surface area contributed by atoms with Crippen molar-refractivity contribution in [2.45, 2.75) is 64.3 Å². The van der Waals surface area contributed by atoms with E-state index in [1.807, 2.05) is 24.6 Å². The van der Waals surface area contributed by atoms with Gasteiger partial charge in [0.1, 0.15) is 0 Å². The molecule has 122 valence electrons. The van der Waals surface area contributed by atoms with E-state index >= 15 is 0 Å². The molecule has 1 aromatic rings. The van der Waals surface area contributed by atoms with Gasteiger partial charge in [-0.05, 0) is 33.1 Å². The van der Waals surface area contributed by atoms with Crippen LogP contribution in [0.1, 0.15) is 39.5 Å². The van der Waals surface area contributed by atoms with Crippen LogP contribution in [0.15, 0.2) is 18.7 Å². The molecule has 2 aliphatic rings. The maximum atomic E-state index is 12.2. The van der Waals surface area contributed by atoms with Gasteiger partial charge in [-0.2, -0.15) is 0 Å². The highest BCUT2D eigenvalue weighted by Gasteiger charge is 2.59. The molecule has 3 atom stereocenters. The van der Waals surface area contributed by atoms with Crippen LogP contribution in [0.25, 0.3) is 0 Å². The van der Waals surface area contributed by atoms with Gasteiger partial charge in [0.15, 0.2) is 0 Å². The van der Waals surface area contributed by atoms with E-state index in [4.69, 9.17) is 4.74 Å². The van der Waals surface area contributed by atoms with Crippen LogP contribution in [0.2, 0.25) is 0 Å². The normalized spacial score (nSPS) is 26.8. The third-order valence-corrected chi connectivity index (χ3v) is 5.16. The van der Waals surface area contributed by atoms with E-state index in [1.54, 1.807) is 12.5 Å². The molecule has 6 heteroatoms. The van der Waals surface area contributed by atoms with E-state index in [2.05, 4.69) is 15.6 Å². The van der Waals surface area contributed by atoms with Crippen molar-refractivity contribution in [3.63, 3.8) is 0 Å². The van der Waals surface area contributed by atoms with E-state index in [0.717, 1.165) is 19.6 Å². The molecule has 0 saturated heterocycles. The molecule has 0 bridgehead atoms. The van der Waals surface area contributed by atoms with Gasteiger partial charge in [0.25, 0.3) is 0 Å². The van der Waals surface area contributed by atoms with Crippen molar-refractivity contribution in [3.8, 4) is 0 Å². The second kappa shape index (κ2) is 6.28. The number of nitrogens with zero attached hydrogens (tertiary/aromatic N) is 2. The fraction of sp³-hybridized carbons (Fsp3) is 0.750. The zero-order valence-corrected chi connectivity index (χ0v) is 13.4. The number of nitrogens with one attached hydrogen (secondary N) is 2. The van der Waals surface area contributed by atoms with Gasteiger partial charge < -0.3 is 19.9 Å². The Kier molecular flexibility index (Phi) is 4.38. The third-order valence-electron chi connectivity index (χ3n) is 5.16. The molecule has 0 unspecified atom stereocenters.